The summed E-state index contributed by atoms with van der Waals surface area (Å²) in [5, 5.41) is 0. The molecule has 0 spiro atoms. The van der Waals surface area contributed by atoms with Crippen molar-refractivity contribution < 1.29 is 38.1 Å². The third-order valence-electron chi connectivity index (χ3n) is 9.61. The molecule has 0 unspecified atom stereocenters. The highest BCUT2D eigenvalue weighted by Crippen LogP contribution is 2.42. The molecule has 0 bridgehead atoms. The van der Waals surface area contributed by atoms with Gasteiger partial charge in [-0.25, -0.2) is 0 Å². The summed E-state index contributed by atoms with van der Waals surface area (Å²) < 4.78 is 23.8. The second-order valence-electron chi connectivity index (χ2n) is 13.3. The summed E-state index contributed by atoms with van der Waals surface area (Å²) in [5.74, 6) is 3.01. The zero-order chi connectivity index (χ0) is 38.1. The summed E-state index contributed by atoms with van der Waals surface area (Å²) in [6.07, 6.45) is 10.6. The zero-order valence-electron chi connectivity index (χ0n) is 30.9. The molecule has 1 fully saturated rings. The molecule has 3 aromatic rings. The molecule has 1 aliphatic rings. The standard InChI is InChI=1S/C43H52N2O8/c1-4-5-9-16-36(46)17-12-6-7-13-18-41(48)45-30-39(53-42(49)28-27-40(44)47)29-35(45)31-52-43(32-14-10-8-11-15-32,33-19-23-37(50-2)24-20-33)34-21-25-38(51-3)26-22-34/h1,8,10-11,14-15,19-26,35,39H,5-7,9,12-13,16-18,27-31H2,2-3H3,(H2,44,47)/t35-,39+/m0/s1. The van der Waals surface area contributed by atoms with Crippen molar-refractivity contribution in [3.05, 3.63) is 95.6 Å². The van der Waals surface area contributed by atoms with Gasteiger partial charge >= 0.3 is 5.97 Å². The Morgan fingerprint density at radius 2 is 1.32 bits per heavy atom. The molecule has 1 heterocycles. The Kier molecular flexibility index (Phi) is 15.9. The molecule has 2 N–H and O–H groups in total. The fraction of sp³-hybridized carbons (Fsp3) is 0.442. The highest BCUT2D eigenvalue weighted by atomic mass is 16.5. The van der Waals surface area contributed by atoms with Crippen molar-refractivity contribution in [1.82, 2.24) is 4.90 Å². The Hall–Kier alpha value is -5.14. The predicted molar refractivity (Wildman–Crippen MR) is 202 cm³/mol. The van der Waals surface area contributed by atoms with E-state index < -0.39 is 29.6 Å². The van der Waals surface area contributed by atoms with Gasteiger partial charge in [-0.1, -0.05) is 67.4 Å². The molecular formula is C43H52N2O8. The number of nitrogens with two attached hydrogens (primary N) is 1. The van der Waals surface area contributed by atoms with E-state index in [2.05, 4.69) is 5.92 Å². The average molecular weight is 725 g/mol. The highest BCUT2D eigenvalue weighted by molar-refractivity contribution is 5.80. The summed E-state index contributed by atoms with van der Waals surface area (Å²) in [6.45, 7) is 0.348. The van der Waals surface area contributed by atoms with E-state index in [0.717, 1.165) is 42.4 Å². The van der Waals surface area contributed by atoms with Crippen molar-refractivity contribution in [2.75, 3.05) is 27.4 Å². The van der Waals surface area contributed by atoms with Gasteiger partial charge in [-0.2, -0.15) is 0 Å². The van der Waals surface area contributed by atoms with Gasteiger partial charge in [-0.3, -0.25) is 19.2 Å². The number of hydrogen-bond acceptors (Lipinski definition) is 8. The zero-order valence-corrected chi connectivity index (χ0v) is 30.9. The average Bonchev–Trinajstić information content (AvgIpc) is 3.58. The number of carbonyl (C=O) groups excluding carboxylic acids is 4. The van der Waals surface area contributed by atoms with E-state index in [-0.39, 0.29) is 37.7 Å². The van der Waals surface area contributed by atoms with Crippen LogP contribution in [0.2, 0.25) is 0 Å². The minimum atomic E-state index is -1.09. The molecule has 0 aromatic heterocycles. The molecule has 0 aliphatic carbocycles. The monoisotopic (exact) mass is 724 g/mol. The van der Waals surface area contributed by atoms with Crippen LogP contribution in [0.15, 0.2) is 78.9 Å². The van der Waals surface area contributed by atoms with Gasteiger partial charge in [0.25, 0.3) is 0 Å². The lowest BCUT2D eigenvalue weighted by atomic mass is 9.80. The first kappa shape index (κ1) is 40.6. The van der Waals surface area contributed by atoms with Crippen molar-refractivity contribution in [2.24, 2.45) is 5.73 Å². The largest absolute Gasteiger partial charge is 0.497 e. The van der Waals surface area contributed by atoms with Gasteiger partial charge in [0.05, 0.1) is 39.8 Å². The highest BCUT2D eigenvalue weighted by Gasteiger charge is 2.42. The Morgan fingerprint density at radius 3 is 1.89 bits per heavy atom. The summed E-state index contributed by atoms with van der Waals surface area (Å²) in [4.78, 5) is 51.6. The first-order chi connectivity index (χ1) is 25.7. The number of carbonyl (C=O) groups is 4. The third kappa shape index (κ3) is 11.7. The second kappa shape index (κ2) is 20.8. The number of ether oxygens (including phenoxy) is 4. The molecule has 2 amide bonds. The van der Waals surface area contributed by atoms with Crippen molar-refractivity contribution in [2.45, 2.75) is 94.8 Å². The Balaban J connectivity index is 1.56. The number of ketones is 1. The number of nitrogens with zero attached hydrogens (tertiary/aromatic N) is 1. The lowest BCUT2D eigenvalue weighted by Crippen LogP contribution is -2.42. The number of methoxy groups -OCH3 is 2. The van der Waals surface area contributed by atoms with Crippen LogP contribution in [-0.4, -0.2) is 68.0 Å². The van der Waals surface area contributed by atoms with Crippen LogP contribution in [0.1, 0.15) is 93.7 Å². The SMILES string of the molecule is C#CCCCC(=O)CCCCCCC(=O)N1C[C@H](OC(=O)CCC(N)=O)C[C@H]1COC(c1ccccc1)(c1ccc(OC)cc1)c1ccc(OC)cc1. The molecule has 4 rings (SSSR count). The van der Waals surface area contributed by atoms with Gasteiger partial charge in [0, 0.05) is 38.5 Å². The van der Waals surface area contributed by atoms with Crippen LogP contribution in [0.5, 0.6) is 11.5 Å². The van der Waals surface area contributed by atoms with E-state index in [1.807, 2.05) is 78.9 Å². The van der Waals surface area contributed by atoms with Crippen LogP contribution in [0.3, 0.4) is 0 Å². The molecule has 1 saturated heterocycles. The predicted octanol–water partition coefficient (Wildman–Crippen LogP) is 6.50. The summed E-state index contributed by atoms with van der Waals surface area (Å²) in [6, 6.07) is 25.0. The maximum absolute atomic E-state index is 13.8. The van der Waals surface area contributed by atoms with Crippen LogP contribution in [0.25, 0.3) is 0 Å². The van der Waals surface area contributed by atoms with Gasteiger partial charge in [-0.05, 0) is 60.2 Å². The molecular weight excluding hydrogens is 672 g/mol. The van der Waals surface area contributed by atoms with Crippen molar-refractivity contribution in [3.8, 4) is 23.8 Å². The number of benzene rings is 3. The summed E-state index contributed by atoms with van der Waals surface area (Å²) in [7, 11) is 3.24. The van der Waals surface area contributed by atoms with Crippen LogP contribution >= 0.6 is 0 Å². The Morgan fingerprint density at radius 1 is 0.755 bits per heavy atom. The minimum absolute atomic E-state index is 0.0566. The van der Waals surface area contributed by atoms with E-state index in [0.29, 0.717) is 50.0 Å². The number of unbranched alkanes of at least 4 members (excludes halogenated alkanes) is 4. The number of amides is 2. The molecule has 10 nitrogen and oxygen atoms in total. The summed E-state index contributed by atoms with van der Waals surface area (Å²) >= 11 is 0. The van der Waals surface area contributed by atoms with E-state index in [1.165, 1.54) is 0 Å². The van der Waals surface area contributed by atoms with Crippen molar-refractivity contribution in [1.29, 1.82) is 0 Å². The van der Waals surface area contributed by atoms with E-state index in [4.69, 9.17) is 31.1 Å². The summed E-state index contributed by atoms with van der Waals surface area (Å²) in [5.41, 5.74) is 6.75. The molecule has 53 heavy (non-hydrogen) atoms. The number of primary amides is 1. The maximum atomic E-state index is 13.8. The lowest BCUT2D eigenvalue weighted by molar-refractivity contribution is -0.150. The van der Waals surface area contributed by atoms with Gasteiger partial charge < -0.3 is 29.6 Å². The maximum Gasteiger partial charge on any atom is 0.306 e. The second-order valence-corrected chi connectivity index (χ2v) is 13.3. The van der Waals surface area contributed by atoms with Gasteiger partial charge in [-0.15, -0.1) is 12.3 Å². The quantitative estimate of drug-likeness (QED) is 0.0537. The molecule has 282 valence electrons. The number of likely N-dealkylation sites (tertiary alicyclic amines) is 1. The number of rotatable bonds is 22. The molecule has 10 heteroatoms. The number of hydrogen-bond donors (Lipinski definition) is 1. The van der Waals surface area contributed by atoms with Gasteiger partial charge in [0.1, 0.15) is 29.0 Å². The number of esters is 1. The molecule has 2 atom stereocenters. The van der Waals surface area contributed by atoms with Gasteiger partial charge in [0.2, 0.25) is 11.8 Å². The van der Waals surface area contributed by atoms with Crippen LogP contribution in [0, 0.1) is 12.3 Å². The lowest BCUT2D eigenvalue weighted by Gasteiger charge is -2.38. The fourth-order valence-electron chi connectivity index (χ4n) is 6.80. The number of Topliss-reactive ketones (excluding diaryl/α,β-unsaturated/α-hetero) is 1. The van der Waals surface area contributed by atoms with E-state index >= 15 is 0 Å². The molecule has 0 radical (unpaired) electrons. The molecule has 0 saturated carbocycles. The topological polar surface area (TPSA) is 134 Å². The van der Waals surface area contributed by atoms with E-state index in [1.54, 1.807) is 19.1 Å². The first-order valence-electron chi connectivity index (χ1n) is 18.4. The van der Waals surface area contributed by atoms with Crippen LogP contribution in [-0.2, 0) is 34.3 Å². The van der Waals surface area contributed by atoms with Gasteiger partial charge in [0.15, 0.2) is 0 Å². The fourth-order valence-corrected chi connectivity index (χ4v) is 6.80. The normalized spacial score (nSPS) is 15.4. The number of terminal acetylenes is 1. The third-order valence-corrected chi connectivity index (χ3v) is 9.61. The van der Waals surface area contributed by atoms with Crippen molar-refractivity contribution >= 4 is 23.6 Å². The molecule has 1 aliphatic heterocycles. The Bertz CT molecular complexity index is 1620. The Labute approximate surface area is 313 Å². The van der Waals surface area contributed by atoms with Crippen molar-refractivity contribution in [3.63, 3.8) is 0 Å². The van der Waals surface area contributed by atoms with Crippen LogP contribution < -0.4 is 15.2 Å². The molecule has 3 aromatic carbocycles. The minimum Gasteiger partial charge on any atom is -0.497 e. The first-order valence-corrected chi connectivity index (χ1v) is 18.4. The van der Waals surface area contributed by atoms with E-state index in [9.17, 15) is 19.2 Å². The smallest absolute Gasteiger partial charge is 0.306 e. The van der Waals surface area contributed by atoms with Crippen LogP contribution in [0.4, 0.5) is 0 Å².